The molecule has 0 aliphatic heterocycles. The first kappa shape index (κ1) is 34.3. The second-order valence-electron chi connectivity index (χ2n) is 6.77. The van der Waals surface area contributed by atoms with Crippen LogP contribution in [0.2, 0.25) is 0 Å². The number of carboxylic acid groups (broad SMARTS) is 2. The van der Waals surface area contributed by atoms with Crippen molar-refractivity contribution < 1.29 is 132 Å². The molecule has 0 aliphatic rings. The van der Waals surface area contributed by atoms with Gasteiger partial charge in [0.25, 0.3) is 0 Å². The van der Waals surface area contributed by atoms with Crippen LogP contribution in [0, 0.1) is 0 Å². The van der Waals surface area contributed by atoms with Gasteiger partial charge in [-0.05, 0) is 11.1 Å². The van der Waals surface area contributed by atoms with Crippen LogP contribution >= 0.6 is 21.6 Å². The molecule has 2 unspecified atom stereocenters. The van der Waals surface area contributed by atoms with E-state index in [1.807, 2.05) is 12.1 Å². The number of carboxylic acids is 2. The average molecular weight is 553 g/mol. The van der Waals surface area contributed by atoms with E-state index >= 15 is 0 Å². The van der Waals surface area contributed by atoms with Gasteiger partial charge in [-0.3, -0.25) is 9.59 Å². The van der Waals surface area contributed by atoms with Crippen molar-refractivity contribution in [1.82, 2.24) is 10.6 Å². The van der Waals surface area contributed by atoms with E-state index in [0.29, 0.717) is 0 Å². The van der Waals surface area contributed by atoms with Gasteiger partial charge in [0.2, 0.25) is 11.8 Å². The number of amides is 2. The van der Waals surface area contributed by atoms with Crippen molar-refractivity contribution in [2.45, 2.75) is 24.9 Å². The third kappa shape index (κ3) is 14.1. The van der Waals surface area contributed by atoms with Crippen molar-refractivity contribution in [1.29, 1.82) is 0 Å². The van der Waals surface area contributed by atoms with E-state index in [4.69, 9.17) is 0 Å². The van der Waals surface area contributed by atoms with E-state index in [0.717, 1.165) is 32.7 Å². The first-order valence-corrected chi connectivity index (χ1v) is 12.2. The Kier molecular flexibility index (Phi) is 19.6. The molecule has 0 heterocycles. The summed E-state index contributed by atoms with van der Waals surface area (Å²) >= 11 is 0. The van der Waals surface area contributed by atoms with Crippen molar-refractivity contribution >= 4 is 45.3 Å². The molecule has 34 heavy (non-hydrogen) atoms. The van der Waals surface area contributed by atoms with Gasteiger partial charge >= 0.3 is 103 Å². The van der Waals surface area contributed by atoms with Crippen molar-refractivity contribution in [3.63, 3.8) is 0 Å². The molecule has 2 atom stereocenters. The molecule has 170 valence electrons. The van der Waals surface area contributed by atoms with E-state index in [1.165, 1.54) is 0 Å². The maximum atomic E-state index is 12.1. The Morgan fingerprint density at radius 2 is 0.971 bits per heavy atom. The normalized spacial score (nSPS) is 11.6. The first-order valence-electron chi connectivity index (χ1n) is 9.68. The molecule has 0 saturated heterocycles. The summed E-state index contributed by atoms with van der Waals surface area (Å²) < 4.78 is 0. The van der Waals surface area contributed by atoms with Crippen LogP contribution in [-0.2, 0) is 32.0 Å². The summed E-state index contributed by atoms with van der Waals surface area (Å²) in [5.74, 6) is -3.87. The summed E-state index contributed by atoms with van der Waals surface area (Å²) in [6, 6.07) is 15.3. The number of benzene rings is 2. The number of aliphatic carboxylic acids is 2. The molecule has 8 nitrogen and oxygen atoms in total. The molecule has 2 rings (SSSR count). The van der Waals surface area contributed by atoms with Crippen LogP contribution in [0.1, 0.15) is 11.1 Å². The summed E-state index contributed by atoms with van der Waals surface area (Å²) in [5.41, 5.74) is 1.49. The summed E-state index contributed by atoms with van der Waals surface area (Å²) in [6.07, 6.45) is 0.0608. The monoisotopic (exact) mass is 552 g/mol. The third-order valence-electron chi connectivity index (χ3n) is 4.21. The van der Waals surface area contributed by atoms with E-state index in [9.17, 15) is 29.4 Å². The molecule has 0 bridgehead atoms. The zero-order valence-electron chi connectivity index (χ0n) is 19.0. The summed E-state index contributed by atoms with van der Waals surface area (Å²) in [5, 5.41) is 27.5. The largest absolute Gasteiger partial charge is 1.00 e. The minimum atomic E-state index is -1.44. The predicted molar refractivity (Wildman–Crippen MR) is 119 cm³/mol. The molecule has 2 N–H and O–H groups in total. The molecule has 0 radical (unpaired) electrons. The number of rotatable bonds is 13. The molecule has 0 aliphatic carbocycles. The van der Waals surface area contributed by atoms with E-state index in [-0.39, 0.29) is 127 Å². The summed E-state index contributed by atoms with van der Waals surface area (Å²) in [6.45, 7) is 0. The Labute approximate surface area is 291 Å². The van der Waals surface area contributed by atoms with Crippen LogP contribution in [0.4, 0.5) is 0 Å². The fraction of sp³-hybridized carbons (Fsp3) is 0.273. The number of carbonyl (C=O) groups excluding carboxylic acids is 4. The van der Waals surface area contributed by atoms with Crippen molar-refractivity contribution in [2.24, 2.45) is 0 Å². The molecular formula is C22H22K2N2O6S2. The van der Waals surface area contributed by atoms with Gasteiger partial charge in [-0.15, -0.1) is 0 Å². The Hall–Kier alpha value is 0.293. The molecule has 0 spiro atoms. The van der Waals surface area contributed by atoms with Gasteiger partial charge in [0.15, 0.2) is 0 Å². The molecule has 0 aromatic heterocycles. The van der Waals surface area contributed by atoms with E-state index in [1.54, 1.807) is 48.5 Å². The SMILES string of the molecule is O=C(Cc1ccccc1)NC(CSSCC(NC(=O)Cc1ccccc1)C(=O)[O-])C(=O)[O-].[K+].[K+]. The van der Waals surface area contributed by atoms with Gasteiger partial charge in [-0.2, -0.15) is 0 Å². The topological polar surface area (TPSA) is 138 Å². The van der Waals surface area contributed by atoms with Crippen LogP contribution in [0.3, 0.4) is 0 Å². The van der Waals surface area contributed by atoms with Crippen LogP contribution in [-0.4, -0.2) is 47.3 Å². The molecule has 2 amide bonds. The van der Waals surface area contributed by atoms with Gasteiger partial charge in [0.1, 0.15) is 0 Å². The average Bonchev–Trinajstić information content (AvgIpc) is 2.76. The van der Waals surface area contributed by atoms with Crippen LogP contribution < -0.4 is 124 Å². The molecule has 0 saturated carbocycles. The zero-order chi connectivity index (χ0) is 23.3. The number of hydrogen-bond donors (Lipinski definition) is 2. The maximum absolute atomic E-state index is 12.1. The minimum Gasteiger partial charge on any atom is -0.548 e. The minimum absolute atomic E-state index is 0. The van der Waals surface area contributed by atoms with E-state index < -0.39 is 35.8 Å². The van der Waals surface area contributed by atoms with Crippen molar-refractivity contribution in [3.05, 3.63) is 71.8 Å². The molecule has 0 fully saturated rings. The van der Waals surface area contributed by atoms with Gasteiger partial charge in [-0.25, -0.2) is 0 Å². The second-order valence-corrected chi connectivity index (χ2v) is 9.32. The molecule has 2 aromatic carbocycles. The van der Waals surface area contributed by atoms with Gasteiger partial charge < -0.3 is 30.4 Å². The quantitative estimate of drug-likeness (QED) is 0.142. The molecular weight excluding hydrogens is 531 g/mol. The third-order valence-corrected chi connectivity index (χ3v) is 6.63. The van der Waals surface area contributed by atoms with Crippen molar-refractivity contribution in [3.8, 4) is 0 Å². The Balaban J connectivity index is 0.00000544. The van der Waals surface area contributed by atoms with Crippen LogP contribution in [0.25, 0.3) is 0 Å². The standard InChI is InChI=1S/C22H24N2O6S2.2K/c25-19(11-15-7-3-1-4-8-15)23-17(21(27)28)13-31-32-14-18(22(29)30)24-20(26)12-16-9-5-2-6-10-16;;/h1-10,17-18H,11-14H2,(H,23,25)(H,24,26)(H,27,28)(H,29,30);;/q;2*+1/p-2. The summed E-state index contributed by atoms with van der Waals surface area (Å²) in [4.78, 5) is 46.8. The molecule has 12 heteroatoms. The Morgan fingerprint density at radius 3 is 1.26 bits per heavy atom. The Morgan fingerprint density at radius 1 is 0.647 bits per heavy atom. The number of carbonyl (C=O) groups is 4. The smallest absolute Gasteiger partial charge is 0.548 e. The fourth-order valence-corrected chi connectivity index (χ4v) is 4.92. The summed E-state index contributed by atoms with van der Waals surface area (Å²) in [7, 11) is 2.11. The second kappa shape index (κ2) is 19.4. The zero-order valence-corrected chi connectivity index (χ0v) is 26.9. The van der Waals surface area contributed by atoms with Gasteiger partial charge in [0.05, 0.1) is 36.9 Å². The van der Waals surface area contributed by atoms with Crippen LogP contribution in [0.15, 0.2) is 60.7 Å². The fourth-order valence-electron chi connectivity index (χ4n) is 2.62. The Bertz CT molecular complexity index is 847. The van der Waals surface area contributed by atoms with Gasteiger partial charge in [-0.1, -0.05) is 82.3 Å². The van der Waals surface area contributed by atoms with Crippen LogP contribution in [0.5, 0.6) is 0 Å². The first-order chi connectivity index (χ1) is 15.3. The van der Waals surface area contributed by atoms with E-state index in [2.05, 4.69) is 10.6 Å². The molecule has 2 aromatic rings. The number of hydrogen-bond acceptors (Lipinski definition) is 8. The maximum Gasteiger partial charge on any atom is 1.00 e. The number of nitrogens with one attached hydrogen (secondary N) is 2. The predicted octanol–water partition coefficient (Wildman–Crippen LogP) is -6.67. The van der Waals surface area contributed by atoms with Gasteiger partial charge in [0, 0.05) is 11.5 Å². The van der Waals surface area contributed by atoms with Crippen molar-refractivity contribution in [2.75, 3.05) is 11.5 Å².